The molecule has 0 heterocycles. The van der Waals surface area contributed by atoms with Gasteiger partial charge < -0.3 is 15.2 Å². The molecule has 4 aromatic carbocycles. The lowest BCUT2D eigenvalue weighted by Gasteiger charge is -2.19. The Kier molecular flexibility index (Phi) is 6.72. The second-order valence-electron chi connectivity index (χ2n) is 8.88. The number of aliphatic hydroxyl groups is 1. The summed E-state index contributed by atoms with van der Waals surface area (Å²) in [7, 11) is 0. The molecule has 0 saturated heterocycles. The number of ether oxygens (including phenoxy) is 1. The largest absolute Gasteiger partial charge is 0.449 e. The third-order valence-corrected chi connectivity index (χ3v) is 6.62. The molecule has 0 aliphatic heterocycles. The summed E-state index contributed by atoms with van der Waals surface area (Å²) in [6.45, 7) is -0.345. The van der Waals surface area contributed by atoms with E-state index < -0.39 is 17.8 Å². The Hall–Kier alpha value is -4.10. The molecule has 0 aromatic heterocycles. The zero-order chi connectivity index (χ0) is 26.0. The first kappa shape index (κ1) is 24.6. The van der Waals surface area contributed by atoms with E-state index in [1.807, 2.05) is 48.5 Å². The van der Waals surface area contributed by atoms with Gasteiger partial charge in [-0.3, -0.25) is 0 Å². The molecule has 0 fully saturated rings. The number of alkyl halides is 3. The smallest absolute Gasteiger partial charge is 0.417 e. The fourth-order valence-corrected chi connectivity index (χ4v) is 4.97. The molecule has 0 bridgehead atoms. The van der Waals surface area contributed by atoms with Gasteiger partial charge in [-0.1, -0.05) is 78.9 Å². The molecule has 188 valence electrons. The van der Waals surface area contributed by atoms with Crippen molar-refractivity contribution >= 4 is 6.09 Å². The number of carbonyl (C=O) groups excluding carboxylic acids is 1. The summed E-state index contributed by atoms with van der Waals surface area (Å²) >= 11 is 0. The van der Waals surface area contributed by atoms with Crippen LogP contribution in [0, 0.1) is 0 Å². The van der Waals surface area contributed by atoms with Crippen LogP contribution in [-0.4, -0.2) is 17.8 Å². The molecule has 0 atom stereocenters. The summed E-state index contributed by atoms with van der Waals surface area (Å²) in [5, 5.41) is 12.1. The number of carbonyl (C=O) groups is 1. The summed E-state index contributed by atoms with van der Waals surface area (Å²) in [5.74, 6) is -0.122. The van der Waals surface area contributed by atoms with Crippen LogP contribution in [0.15, 0.2) is 91.0 Å². The van der Waals surface area contributed by atoms with Crippen LogP contribution in [0.5, 0.6) is 0 Å². The molecule has 4 nitrogen and oxygen atoms in total. The molecule has 0 saturated carbocycles. The van der Waals surface area contributed by atoms with Crippen LogP contribution in [0.25, 0.3) is 22.3 Å². The number of rotatable bonds is 6. The van der Waals surface area contributed by atoms with Crippen molar-refractivity contribution in [3.05, 3.63) is 119 Å². The van der Waals surface area contributed by atoms with Gasteiger partial charge in [0, 0.05) is 12.5 Å². The van der Waals surface area contributed by atoms with Gasteiger partial charge in [-0.15, -0.1) is 0 Å². The van der Waals surface area contributed by atoms with E-state index in [1.54, 1.807) is 24.3 Å². The van der Waals surface area contributed by atoms with Gasteiger partial charge in [0.05, 0.1) is 12.2 Å². The van der Waals surface area contributed by atoms with Crippen molar-refractivity contribution in [3.63, 3.8) is 0 Å². The third kappa shape index (κ3) is 4.95. The minimum absolute atomic E-state index is 0.0377. The summed E-state index contributed by atoms with van der Waals surface area (Å²) in [4.78, 5) is 12.6. The Morgan fingerprint density at radius 3 is 2.16 bits per heavy atom. The SMILES string of the molecule is O=C(NCc1cccc(C(F)(F)F)c1-c1cccc(CO)c1)OCC1c2ccccc2-c2ccccc21. The van der Waals surface area contributed by atoms with Crippen LogP contribution in [0.1, 0.15) is 33.7 Å². The normalized spacial score (nSPS) is 12.6. The summed E-state index contributed by atoms with van der Waals surface area (Å²) in [6.07, 6.45) is -5.31. The first-order valence-corrected chi connectivity index (χ1v) is 11.8. The van der Waals surface area contributed by atoms with Gasteiger partial charge in [0.1, 0.15) is 6.61 Å². The minimum Gasteiger partial charge on any atom is -0.449 e. The lowest BCUT2D eigenvalue weighted by molar-refractivity contribution is -0.137. The number of alkyl carbamates (subject to hydrolysis) is 1. The monoisotopic (exact) mass is 503 g/mol. The van der Waals surface area contributed by atoms with E-state index >= 15 is 0 Å². The number of hydrogen-bond donors (Lipinski definition) is 2. The lowest BCUT2D eigenvalue weighted by Crippen LogP contribution is -2.26. The molecule has 1 amide bonds. The topological polar surface area (TPSA) is 58.6 Å². The number of halogens is 3. The highest BCUT2D eigenvalue weighted by atomic mass is 19.4. The molecule has 0 unspecified atom stereocenters. The molecule has 4 aromatic rings. The summed E-state index contributed by atoms with van der Waals surface area (Å²) in [6, 6.07) is 26.1. The predicted octanol–water partition coefficient (Wildman–Crippen LogP) is 6.90. The zero-order valence-corrected chi connectivity index (χ0v) is 19.8. The molecule has 1 aliphatic carbocycles. The van der Waals surface area contributed by atoms with E-state index in [0.29, 0.717) is 16.7 Å². The maximum Gasteiger partial charge on any atom is 0.417 e. The minimum atomic E-state index is -4.59. The van der Waals surface area contributed by atoms with Crippen LogP contribution in [0.4, 0.5) is 18.0 Å². The quantitative estimate of drug-likeness (QED) is 0.301. The number of benzene rings is 4. The highest BCUT2D eigenvalue weighted by Gasteiger charge is 2.35. The maximum absolute atomic E-state index is 13.9. The van der Waals surface area contributed by atoms with Crippen molar-refractivity contribution in [2.24, 2.45) is 0 Å². The van der Waals surface area contributed by atoms with Gasteiger partial charge in [0.2, 0.25) is 0 Å². The second kappa shape index (κ2) is 10.1. The maximum atomic E-state index is 13.9. The fourth-order valence-electron chi connectivity index (χ4n) is 4.97. The first-order valence-electron chi connectivity index (χ1n) is 11.8. The Bertz CT molecular complexity index is 1400. The lowest BCUT2D eigenvalue weighted by atomic mass is 9.93. The van der Waals surface area contributed by atoms with Gasteiger partial charge in [0.25, 0.3) is 0 Å². The molecule has 7 heteroatoms. The van der Waals surface area contributed by atoms with E-state index in [9.17, 15) is 23.1 Å². The van der Waals surface area contributed by atoms with Crippen molar-refractivity contribution in [2.75, 3.05) is 6.61 Å². The number of aliphatic hydroxyl groups excluding tert-OH is 1. The Balaban J connectivity index is 1.34. The van der Waals surface area contributed by atoms with Crippen molar-refractivity contribution < 1.29 is 27.8 Å². The van der Waals surface area contributed by atoms with Gasteiger partial charge in [-0.25, -0.2) is 4.79 Å². The van der Waals surface area contributed by atoms with E-state index in [2.05, 4.69) is 5.32 Å². The Morgan fingerprint density at radius 1 is 0.865 bits per heavy atom. The molecular formula is C30H24F3NO3. The van der Waals surface area contributed by atoms with E-state index in [-0.39, 0.29) is 31.2 Å². The molecule has 0 radical (unpaired) electrons. The zero-order valence-electron chi connectivity index (χ0n) is 19.8. The predicted molar refractivity (Wildman–Crippen MR) is 135 cm³/mol. The average molecular weight is 504 g/mol. The van der Waals surface area contributed by atoms with Crippen LogP contribution >= 0.6 is 0 Å². The molecule has 1 aliphatic rings. The number of amides is 1. The van der Waals surface area contributed by atoms with E-state index in [0.717, 1.165) is 28.3 Å². The number of hydrogen-bond acceptors (Lipinski definition) is 3. The average Bonchev–Trinajstić information content (AvgIpc) is 3.23. The number of nitrogens with one attached hydrogen (secondary N) is 1. The highest BCUT2D eigenvalue weighted by Crippen LogP contribution is 2.44. The second-order valence-corrected chi connectivity index (χ2v) is 8.88. The summed E-state index contributed by atoms with van der Waals surface area (Å²) in [5.41, 5.74) is 4.59. The molecule has 2 N–H and O–H groups in total. The molecule has 5 rings (SSSR count). The highest BCUT2D eigenvalue weighted by molar-refractivity contribution is 5.79. The van der Waals surface area contributed by atoms with Gasteiger partial charge in [-0.2, -0.15) is 13.2 Å². The van der Waals surface area contributed by atoms with Gasteiger partial charge in [0.15, 0.2) is 0 Å². The molecule has 37 heavy (non-hydrogen) atoms. The van der Waals surface area contributed by atoms with Crippen LogP contribution in [-0.2, 0) is 24.1 Å². The van der Waals surface area contributed by atoms with E-state index in [4.69, 9.17) is 4.74 Å². The Morgan fingerprint density at radius 2 is 1.51 bits per heavy atom. The Labute approximate surface area is 212 Å². The van der Waals surface area contributed by atoms with Crippen LogP contribution in [0.2, 0.25) is 0 Å². The van der Waals surface area contributed by atoms with Crippen molar-refractivity contribution in [1.82, 2.24) is 5.32 Å². The van der Waals surface area contributed by atoms with E-state index in [1.165, 1.54) is 12.1 Å². The molecule has 0 spiro atoms. The number of fused-ring (bicyclic) bond motifs is 3. The van der Waals surface area contributed by atoms with Gasteiger partial charge >= 0.3 is 12.3 Å². The summed E-state index contributed by atoms with van der Waals surface area (Å²) < 4.78 is 47.1. The third-order valence-electron chi connectivity index (χ3n) is 6.62. The van der Waals surface area contributed by atoms with Crippen LogP contribution < -0.4 is 5.32 Å². The van der Waals surface area contributed by atoms with Crippen molar-refractivity contribution in [2.45, 2.75) is 25.2 Å². The first-order chi connectivity index (χ1) is 17.9. The van der Waals surface area contributed by atoms with Gasteiger partial charge in [-0.05, 0) is 56.6 Å². The van der Waals surface area contributed by atoms with Crippen LogP contribution in [0.3, 0.4) is 0 Å². The molecular weight excluding hydrogens is 479 g/mol. The fraction of sp³-hybridized carbons (Fsp3) is 0.167. The van der Waals surface area contributed by atoms with Crippen molar-refractivity contribution in [3.8, 4) is 22.3 Å². The van der Waals surface area contributed by atoms with Crippen molar-refractivity contribution in [1.29, 1.82) is 0 Å². The standard InChI is InChI=1S/C30H24F3NO3/c31-30(32,33)27-14-6-9-21(28(27)20-8-5-7-19(15-20)17-35)16-34-29(36)37-18-26-24-12-3-1-10-22(24)23-11-2-4-13-25(23)26/h1-15,26,35H,16-18H2,(H,34,36).